The van der Waals surface area contributed by atoms with Gasteiger partial charge in [0.15, 0.2) is 0 Å². The van der Waals surface area contributed by atoms with Crippen LogP contribution in [0, 0.1) is 5.92 Å². The first kappa shape index (κ1) is 13.5. The van der Waals surface area contributed by atoms with Crippen LogP contribution >= 0.6 is 0 Å². The summed E-state index contributed by atoms with van der Waals surface area (Å²) in [7, 11) is 1.70. The van der Waals surface area contributed by atoms with E-state index in [9.17, 15) is 4.79 Å². The van der Waals surface area contributed by atoms with Crippen LogP contribution in [0.5, 0.6) is 0 Å². The minimum atomic E-state index is -0.0167. The van der Waals surface area contributed by atoms with E-state index in [1.807, 2.05) is 6.92 Å². The van der Waals surface area contributed by atoms with Crippen molar-refractivity contribution in [1.82, 2.24) is 15.5 Å². The summed E-state index contributed by atoms with van der Waals surface area (Å²) in [5, 5.41) is 6.14. The first-order chi connectivity index (χ1) is 7.69. The fraction of sp³-hybridized carbons (Fsp3) is 0.917. The van der Waals surface area contributed by atoms with Crippen LogP contribution in [0.1, 0.15) is 26.7 Å². The summed E-state index contributed by atoms with van der Waals surface area (Å²) in [5.74, 6) is 0.812. The molecule has 4 nitrogen and oxygen atoms in total. The van der Waals surface area contributed by atoms with E-state index >= 15 is 0 Å². The molecule has 1 aliphatic heterocycles. The second-order valence-electron chi connectivity index (χ2n) is 4.59. The van der Waals surface area contributed by atoms with Gasteiger partial charge in [-0.2, -0.15) is 0 Å². The number of carbonyl (C=O) groups is 1. The van der Waals surface area contributed by atoms with Crippen LogP contribution in [-0.4, -0.2) is 50.1 Å². The van der Waals surface area contributed by atoms with Crippen molar-refractivity contribution < 1.29 is 4.79 Å². The van der Waals surface area contributed by atoms with E-state index in [1.54, 1.807) is 7.05 Å². The Kier molecular flexibility index (Phi) is 5.77. The van der Waals surface area contributed by atoms with E-state index < -0.39 is 0 Å². The molecule has 2 atom stereocenters. The minimum Gasteiger partial charge on any atom is -0.358 e. The summed E-state index contributed by atoms with van der Waals surface area (Å²) in [5.41, 5.74) is 0. The van der Waals surface area contributed by atoms with Crippen LogP contribution in [0.2, 0.25) is 0 Å². The minimum absolute atomic E-state index is 0.0167. The van der Waals surface area contributed by atoms with Crippen LogP contribution in [0.25, 0.3) is 0 Å². The first-order valence-corrected chi connectivity index (χ1v) is 6.35. The summed E-state index contributed by atoms with van der Waals surface area (Å²) in [6, 6.07) is -0.0167. The number of piperidine rings is 1. The van der Waals surface area contributed by atoms with E-state index in [4.69, 9.17) is 0 Å². The van der Waals surface area contributed by atoms with Gasteiger partial charge in [0.25, 0.3) is 0 Å². The molecular formula is C12H25N3O. The van der Waals surface area contributed by atoms with Crippen molar-refractivity contribution in [2.75, 3.05) is 33.2 Å². The summed E-state index contributed by atoms with van der Waals surface area (Å²) < 4.78 is 0. The predicted octanol–water partition coefficient (Wildman–Crippen LogP) is 0.442. The van der Waals surface area contributed by atoms with E-state index in [0.29, 0.717) is 5.92 Å². The van der Waals surface area contributed by atoms with Gasteiger partial charge in [-0.3, -0.25) is 9.69 Å². The molecule has 0 aliphatic carbocycles. The normalized spacial score (nSPS) is 23.1. The molecule has 0 aromatic rings. The molecule has 1 amide bonds. The molecule has 4 heteroatoms. The van der Waals surface area contributed by atoms with Gasteiger partial charge >= 0.3 is 0 Å². The standard InChI is InChI=1S/C12H25N3O/c1-4-15(10(2)12(16)13-3)9-11-6-5-7-14-8-11/h10-11,14H,4-9H2,1-3H3,(H,13,16). The highest BCUT2D eigenvalue weighted by atomic mass is 16.2. The Morgan fingerprint density at radius 1 is 1.62 bits per heavy atom. The Balaban J connectivity index is 2.43. The molecule has 2 N–H and O–H groups in total. The number of amides is 1. The average Bonchev–Trinajstić information content (AvgIpc) is 2.35. The van der Waals surface area contributed by atoms with Crippen LogP contribution < -0.4 is 10.6 Å². The lowest BCUT2D eigenvalue weighted by Crippen LogP contribution is -2.47. The van der Waals surface area contributed by atoms with Gasteiger partial charge in [0.2, 0.25) is 5.91 Å². The zero-order valence-electron chi connectivity index (χ0n) is 10.8. The zero-order chi connectivity index (χ0) is 12.0. The Hall–Kier alpha value is -0.610. The van der Waals surface area contributed by atoms with Crippen LogP contribution in [0.4, 0.5) is 0 Å². The van der Waals surface area contributed by atoms with Crippen molar-refractivity contribution in [3.63, 3.8) is 0 Å². The molecule has 16 heavy (non-hydrogen) atoms. The highest BCUT2D eigenvalue weighted by molar-refractivity contribution is 5.80. The summed E-state index contributed by atoms with van der Waals surface area (Å²) in [4.78, 5) is 13.8. The molecule has 0 saturated carbocycles. The third kappa shape index (κ3) is 3.76. The van der Waals surface area contributed by atoms with Gasteiger partial charge < -0.3 is 10.6 Å². The summed E-state index contributed by atoms with van der Waals surface area (Å²) in [6.45, 7) is 8.31. The van der Waals surface area contributed by atoms with Gasteiger partial charge in [-0.1, -0.05) is 6.92 Å². The van der Waals surface area contributed by atoms with Crippen molar-refractivity contribution in [2.45, 2.75) is 32.7 Å². The highest BCUT2D eigenvalue weighted by Crippen LogP contribution is 2.13. The molecule has 0 radical (unpaired) electrons. The van der Waals surface area contributed by atoms with Gasteiger partial charge in [0, 0.05) is 13.6 Å². The molecule has 1 saturated heterocycles. The lowest BCUT2D eigenvalue weighted by molar-refractivity contribution is -0.125. The maximum Gasteiger partial charge on any atom is 0.236 e. The lowest BCUT2D eigenvalue weighted by atomic mass is 9.98. The zero-order valence-corrected chi connectivity index (χ0v) is 10.8. The van der Waals surface area contributed by atoms with Gasteiger partial charge in [-0.05, 0) is 45.3 Å². The third-order valence-electron chi connectivity index (χ3n) is 3.47. The second kappa shape index (κ2) is 6.86. The van der Waals surface area contributed by atoms with Crippen molar-refractivity contribution in [3.8, 4) is 0 Å². The molecular weight excluding hydrogens is 202 g/mol. The summed E-state index contributed by atoms with van der Waals surface area (Å²) in [6.07, 6.45) is 2.54. The molecule has 0 bridgehead atoms. The number of likely N-dealkylation sites (N-methyl/N-ethyl adjacent to an activating group) is 2. The average molecular weight is 227 g/mol. The fourth-order valence-electron chi connectivity index (χ4n) is 2.35. The number of nitrogens with one attached hydrogen (secondary N) is 2. The largest absolute Gasteiger partial charge is 0.358 e. The Bertz CT molecular complexity index is 214. The number of hydrogen-bond donors (Lipinski definition) is 2. The van der Waals surface area contributed by atoms with Crippen molar-refractivity contribution >= 4 is 5.91 Å². The SMILES string of the molecule is CCN(CC1CCCNC1)C(C)C(=O)NC. The molecule has 2 unspecified atom stereocenters. The van der Waals surface area contributed by atoms with Gasteiger partial charge in [0.05, 0.1) is 6.04 Å². The van der Waals surface area contributed by atoms with Crippen LogP contribution in [0.15, 0.2) is 0 Å². The number of hydrogen-bond acceptors (Lipinski definition) is 3. The van der Waals surface area contributed by atoms with E-state index in [-0.39, 0.29) is 11.9 Å². The predicted molar refractivity (Wildman–Crippen MR) is 66.4 cm³/mol. The van der Waals surface area contributed by atoms with Crippen LogP contribution in [0.3, 0.4) is 0 Å². The number of carbonyl (C=O) groups excluding carboxylic acids is 1. The van der Waals surface area contributed by atoms with Gasteiger partial charge in [0.1, 0.15) is 0 Å². The Morgan fingerprint density at radius 3 is 2.88 bits per heavy atom. The Labute approximate surface area is 98.8 Å². The second-order valence-corrected chi connectivity index (χ2v) is 4.59. The first-order valence-electron chi connectivity index (χ1n) is 6.35. The molecule has 94 valence electrons. The van der Waals surface area contributed by atoms with E-state index in [2.05, 4.69) is 22.5 Å². The highest BCUT2D eigenvalue weighted by Gasteiger charge is 2.23. The molecule has 0 spiro atoms. The monoisotopic (exact) mass is 227 g/mol. The van der Waals surface area contributed by atoms with Crippen molar-refractivity contribution in [1.29, 1.82) is 0 Å². The number of nitrogens with zero attached hydrogens (tertiary/aromatic N) is 1. The molecule has 0 aromatic carbocycles. The maximum absolute atomic E-state index is 11.6. The quantitative estimate of drug-likeness (QED) is 0.716. The summed E-state index contributed by atoms with van der Waals surface area (Å²) >= 11 is 0. The topological polar surface area (TPSA) is 44.4 Å². The Morgan fingerprint density at radius 2 is 2.38 bits per heavy atom. The van der Waals surface area contributed by atoms with E-state index in [0.717, 1.165) is 26.2 Å². The van der Waals surface area contributed by atoms with Gasteiger partial charge in [-0.25, -0.2) is 0 Å². The third-order valence-corrected chi connectivity index (χ3v) is 3.47. The molecule has 1 fully saturated rings. The van der Waals surface area contributed by atoms with Crippen molar-refractivity contribution in [3.05, 3.63) is 0 Å². The molecule has 1 heterocycles. The lowest BCUT2D eigenvalue weighted by Gasteiger charge is -2.32. The molecule has 0 aromatic heterocycles. The number of rotatable bonds is 5. The maximum atomic E-state index is 11.6. The molecule has 1 rings (SSSR count). The van der Waals surface area contributed by atoms with E-state index in [1.165, 1.54) is 12.8 Å². The van der Waals surface area contributed by atoms with Crippen LogP contribution in [-0.2, 0) is 4.79 Å². The van der Waals surface area contributed by atoms with Crippen molar-refractivity contribution in [2.24, 2.45) is 5.92 Å². The fourth-order valence-corrected chi connectivity index (χ4v) is 2.35. The molecule has 1 aliphatic rings. The van der Waals surface area contributed by atoms with Gasteiger partial charge in [-0.15, -0.1) is 0 Å². The smallest absolute Gasteiger partial charge is 0.236 e.